The molecule has 30 heavy (non-hydrogen) atoms. The zero-order valence-electron chi connectivity index (χ0n) is 16.9. The minimum atomic E-state index is -3.68. The molecule has 1 aliphatic heterocycles. The van der Waals surface area contributed by atoms with Crippen molar-refractivity contribution in [3.8, 4) is 0 Å². The Labute approximate surface area is 181 Å². The van der Waals surface area contributed by atoms with Crippen LogP contribution in [-0.2, 0) is 21.2 Å². The van der Waals surface area contributed by atoms with Gasteiger partial charge in [0.1, 0.15) is 10.5 Å². The summed E-state index contributed by atoms with van der Waals surface area (Å²) in [7, 11) is -3.68. The van der Waals surface area contributed by atoms with Gasteiger partial charge in [-0.15, -0.1) is 0 Å². The Morgan fingerprint density at radius 3 is 2.43 bits per heavy atom. The lowest BCUT2D eigenvalue weighted by atomic mass is 10.0. The first-order valence-corrected chi connectivity index (χ1v) is 11.6. The van der Waals surface area contributed by atoms with Crippen LogP contribution in [0.25, 0.3) is 11.0 Å². The molecule has 158 valence electrons. The number of halogens is 1. The molecule has 1 fully saturated rings. The van der Waals surface area contributed by atoms with Crippen LogP contribution in [0.2, 0.25) is 5.02 Å². The van der Waals surface area contributed by atoms with Gasteiger partial charge in [-0.25, -0.2) is 8.42 Å². The molecule has 0 bridgehead atoms. The predicted molar refractivity (Wildman–Crippen MR) is 116 cm³/mol. The monoisotopic (exact) mass is 446 g/mol. The molecule has 1 aromatic heterocycles. The van der Waals surface area contributed by atoms with Gasteiger partial charge in [-0.1, -0.05) is 23.7 Å². The summed E-state index contributed by atoms with van der Waals surface area (Å²) in [6.45, 7) is 5.23. The third-order valence-electron chi connectivity index (χ3n) is 5.66. The summed E-state index contributed by atoms with van der Waals surface area (Å²) < 4.78 is 32.8. The van der Waals surface area contributed by atoms with Crippen molar-refractivity contribution in [2.75, 3.05) is 26.2 Å². The Hall–Kier alpha value is -2.35. The highest BCUT2D eigenvalue weighted by Crippen LogP contribution is 2.27. The quantitative estimate of drug-likeness (QED) is 0.611. The number of aryl methyl sites for hydroxylation is 2. The van der Waals surface area contributed by atoms with Crippen LogP contribution >= 0.6 is 11.6 Å². The molecule has 0 radical (unpaired) electrons. The van der Waals surface area contributed by atoms with Gasteiger partial charge in [-0.2, -0.15) is 4.31 Å². The van der Waals surface area contributed by atoms with Gasteiger partial charge in [0.05, 0.1) is 17.7 Å². The molecule has 1 aliphatic rings. The third kappa shape index (κ3) is 3.85. The number of nitrogens with zero attached hydrogens (tertiary/aromatic N) is 2. The van der Waals surface area contributed by atoms with Crippen LogP contribution in [-0.4, -0.2) is 49.7 Å². The standard InChI is InChI=1S/C22H23ClN2O4S/c1-15-11-18-17(14-29-20(18)12-16(15)2)13-22(26)24-7-9-25(10-8-24)30(27,28)21-6-4-3-5-19(21)23/h3-6,11-12,14H,7-10,13H2,1-2H3. The lowest BCUT2D eigenvalue weighted by Crippen LogP contribution is -2.50. The summed E-state index contributed by atoms with van der Waals surface area (Å²) in [5, 5.41) is 1.15. The van der Waals surface area contributed by atoms with Crippen molar-refractivity contribution in [1.29, 1.82) is 0 Å². The molecule has 8 heteroatoms. The molecule has 1 amide bonds. The van der Waals surface area contributed by atoms with E-state index in [1.807, 2.05) is 26.0 Å². The average molecular weight is 447 g/mol. The molecule has 6 nitrogen and oxygen atoms in total. The maximum atomic E-state index is 12.9. The van der Waals surface area contributed by atoms with Crippen LogP contribution < -0.4 is 0 Å². The summed E-state index contributed by atoms with van der Waals surface area (Å²) in [5.74, 6) is -0.0364. The number of benzene rings is 2. The predicted octanol–water partition coefficient (Wildman–Crippen LogP) is 3.78. The van der Waals surface area contributed by atoms with Crippen molar-refractivity contribution in [3.05, 3.63) is 64.4 Å². The number of furan rings is 1. The number of sulfonamides is 1. The molecule has 0 N–H and O–H groups in total. The Morgan fingerprint density at radius 2 is 1.73 bits per heavy atom. The zero-order valence-corrected chi connectivity index (χ0v) is 18.5. The topological polar surface area (TPSA) is 70.8 Å². The van der Waals surface area contributed by atoms with Crippen molar-refractivity contribution >= 4 is 38.5 Å². The van der Waals surface area contributed by atoms with E-state index in [4.69, 9.17) is 16.0 Å². The number of hydrogen-bond donors (Lipinski definition) is 0. The van der Waals surface area contributed by atoms with E-state index in [0.717, 1.165) is 27.7 Å². The van der Waals surface area contributed by atoms with Crippen molar-refractivity contribution in [3.63, 3.8) is 0 Å². The summed E-state index contributed by atoms with van der Waals surface area (Å²) in [5.41, 5.74) is 3.92. The van der Waals surface area contributed by atoms with E-state index in [1.165, 1.54) is 10.4 Å². The summed E-state index contributed by atoms with van der Waals surface area (Å²) in [6.07, 6.45) is 1.87. The van der Waals surface area contributed by atoms with Crippen molar-refractivity contribution < 1.29 is 17.6 Å². The van der Waals surface area contributed by atoms with E-state index >= 15 is 0 Å². The maximum Gasteiger partial charge on any atom is 0.244 e. The van der Waals surface area contributed by atoms with Gasteiger partial charge >= 0.3 is 0 Å². The average Bonchev–Trinajstić information content (AvgIpc) is 3.10. The van der Waals surface area contributed by atoms with Crippen molar-refractivity contribution in [2.45, 2.75) is 25.2 Å². The van der Waals surface area contributed by atoms with Crippen LogP contribution in [0, 0.1) is 13.8 Å². The lowest BCUT2D eigenvalue weighted by molar-refractivity contribution is -0.131. The number of hydrogen-bond acceptors (Lipinski definition) is 4. The van der Waals surface area contributed by atoms with E-state index in [-0.39, 0.29) is 35.3 Å². The van der Waals surface area contributed by atoms with Crippen LogP contribution in [0.5, 0.6) is 0 Å². The van der Waals surface area contributed by atoms with Crippen LogP contribution in [0.4, 0.5) is 0 Å². The van der Waals surface area contributed by atoms with Crippen LogP contribution in [0.3, 0.4) is 0 Å². The Morgan fingerprint density at radius 1 is 1.07 bits per heavy atom. The van der Waals surface area contributed by atoms with E-state index < -0.39 is 10.0 Å². The fraction of sp³-hybridized carbons (Fsp3) is 0.318. The zero-order chi connectivity index (χ0) is 21.5. The highest BCUT2D eigenvalue weighted by atomic mass is 35.5. The van der Waals surface area contributed by atoms with Crippen molar-refractivity contribution in [2.24, 2.45) is 0 Å². The van der Waals surface area contributed by atoms with Gasteiger partial charge in [0, 0.05) is 37.1 Å². The van der Waals surface area contributed by atoms with E-state index in [1.54, 1.807) is 29.4 Å². The lowest BCUT2D eigenvalue weighted by Gasteiger charge is -2.34. The molecule has 0 saturated carbocycles. The molecule has 0 spiro atoms. The van der Waals surface area contributed by atoms with Gasteiger partial charge in [-0.05, 0) is 49.2 Å². The minimum Gasteiger partial charge on any atom is -0.464 e. The van der Waals surface area contributed by atoms with Gasteiger partial charge < -0.3 is 9.32 Å². The smallest absolute Gasteiger partial charge is 0.244 e. The molecular formula is C22H23ClN2O4S. The Kier molecular flexibility index (Phi) is 5.61. The Balaban J connectivity index is 1.44. The molecule has 2 aromatic carbocycles. The van der Waals surface area contributed by atoms with Crippen LogP contribution in [0.15, 0.2) is 52.0 Å². The first-order chi connectivity index (χ1) is 14.3. The molecule has 0 atom stereocenters. The van der Waals surface area contributed by atoms with Crippen molar-refractivity contribution in [1.82, 2.24) is 9.21 Å². The normalized spacial score (nSPS) is 15.6. The third-order valence-corrected chi connectivity index (χ3v) is 8.06. The van der Waals surface area contributed by atoms with Gasteiger partial charge in [0.2, 0.25) is 15.9 Å². The first kappa shape index (κ1) is 20.9. The fourth-order valence-electron chi connectivity index (χ4n) is 3.72. The largest absolute Gasteiger partial charge is 0.464 e. The number of fused-ring (bicyclic) bond motifs is 1. The SMILES string of the molecule is Cc1cc2occ(CC(=O)N3CCN(S(=O)(=O)c4ccccc4Cl)CC3)c2cc1C. The molecule has 1 saturated heterocycles. The highest BCUT2D eigenvalue weighted by molar-refractivity contribution is 7.89. The van der Waals surface area contributed by atoms with Gasteiger partial charge in [0.25, 0.3) is 0 Å². The molecule has 4 rings (SSSR count). The number of rotatable bonds is 4. The van der Waals surface area contributed by atoms with E-state index in [9.17, 15) is 13.2 Å². The second-order valence-electron chi connectivity index (χ2n) is 7.59. The van der Waals surface area contributed by atoms with Gasteiger partial charge in [0.15, 0.2) is 0 Å². The fourth-order valence-corrected chi connectivity index (χ4v) is 5.63. The summed E-state index contributed by atoms with van der Waals surface area (Å²) in [4.78, 5) is 14.6. The molecular weight excluding hydrogens is 424 g/mol. The number of piperazine rings is 1. The Bertz CT molecular complexity index is 1210. The molecule has 3 aromatic rings. The molecule has 2 heterocycles. The summed E-state index contributed by atoms with van der Waals surface area (Å²) in [6, 6.07) is 10.4. The van der Waals surface area contributed by atoms with E-state index in [0.29, 0.717) is 13.1 Å². The van der Waals surface area contributed by atoms with E-state index in [2.05, 4.69) is 0 Å². The molecule has 0 aliphatic carbocycles. The van der Waals surface area contributed by atoms with Gasteiger partial charge in [-0.3, -0.25) is 4.79 Å². The number of amides is 1. The molecule has 0 unspecified atom stereocenters. The maximum absolute atomic E-state index is 12.9. The second kappa shape index (κ2) is 8.06. The first-order valence-electron chi connectivity index (χ1n) is 9.77. The second-order valence-corrected chi connectivity index (χ2v) is 9.90. The number of carbonyl (C=O) groups excluding carboxylic acids is 1. The summed E-state index contributed by atoms with van der Waals surface area (Å²) >= 11 is 6.08. The van der Waals surface area contributed by atoms with Crippen LogP contribution in [0.1, 0.15) is 16.7 Å². The number of carbonyl (C=O) groups is 1. The highest BCUT2D eigenvalue weighted by Gasteiger charge is 2.31. The minimum absolute atomic E-state index is 0.0364.